The number of hydrogen-bond acceptors (Lipinski definition) is 2. The molecular formula is C16H23N3. The van der Waals surface area contributed by atoms with Crippen molar-refractivity contribution < 1.29 is 0 Å². The highest BCUT2D eigenvalue weighted by atomic mass is 15.3. The molecule has 1 aromatic carbocycles. The van der Waals surface area contributed by atoms with Gasteiger partial charge in [-0.3, -0.25) is 4.68 Å². The summed E-state index contributed by atoms with van der Waals surface area (Å²) in [5.74, 6) is 0. The lowest BCUT2D eigenvalue weighted by Gasteiger charge is -2.10. The van der Waals surface area contributed by atoms with E-state index in [1.807, 2.05) is 13.2 Å². The molecule has 0 radical (unpaired) electrons. The number of aryl methyl sites for hydroxylation is 2. The molecule has 1 heterocycles. The van der Waals surface area contributed by atoms with Crippen LogP contribution in [0.25, 0.3) is 0 Å². The normalized spacial score (nSPS) is 12.6. The van der Waals surface area contributed by atoms with Gasteiger partial charge in [0.15, 0.2) is 0 Å². The third kappa shape index (κ3) is 3.44. The molecule has 0 fully saturated rings. The number of hydrogen-bond donors (Lipinski definition) is 1. The average Bonchev–Trinajstić information content (AvgIpc) is 2.81. The molecule has 2 rings (SSSR count). The maximum atomic E-state index is 4.49. The minimum absolute atomic E-state index is 0.364. The van der Waals surface area contributed by atoms with E-state index in [9.17, 15) is 0 Å². The largest absolute Gasteiger partial charge is 0.313 e. The standard InChI is InChI=1S/C16H23N3/c1-13(17-3)16-12-18-19(14(16)2)11-7-10-15-8-5-4-6-9-15/h4-6,8-9,12-13,17H,7,10-11H2,1-3H3. The van der Waals surface area contributed by atoms with E-state index in [2.05, 4.69) is 59.3 Å². The topological polar surface area (TPSA) is 29.9 Å². The molecule has 3 nitrogen and oxygen atoms in total. The number of nitrogens with one attached hydrogen (secondary N) is 1. The quantitative estimate of drug-likeness (QED) is 0.861. The first-order valence-electron chi connectivity index (χ1n) is 6.96. The summed E-state index contributed by atoms with van der Waals surface area (Å²) < 4.78 is 2.12. The summed E-state index contributed by atoms with van der Waals surface area (Å²) in [6, 6.07) is 11.0. The SMILES string of the molecule is CNC(C)c1cnn(CCCc2ccccc2)c1C. The fourth-order valence-electron chi connectivity index (χ4n) is 2.34. The zero-order chi connectivity index (χ0) is 13.7. The Morgan fingerprint density at radius 2 is 2.00 bits per heavy atom. The summed E-state index contributed by atoms with van der Waals surface area (Å²) in [7, 11) is 1.98. The maximum Gasteiger partial charge on any atom is 0.0540 e. The second-order valence-electron chi connectivity index (χ2n) is 5.01. The molecule has 0 spiro atoms. The summed E-state index contributed by atoms with van der Waals surface area (Å²) in [4.78, 5) is 0. The van der Waals surface area contributed by atoms with Crippen molar-refractivity contribution in [1.82, 2.24) is 15.1 Å². The molecule has 1 atom stereocenters. The van der Waals surface area contributed by atoms with Gasteiger partial charge in [-0.15, -0.1) is 0 Å². The smallest absolute Gasteiger partial charge is 0.0540 e. The van der Waals surface area contributed by atoms with Crippen LogP contribution in [0.2, 0.25) is 0 Å². The van der Waals surface area contributed by atoms with Crippen molar-refractivity contribution >= 4 is 0 Å². The Morgan fingerprint density at radius 3 is 2.68 bits per heavy atom. The van der Waals surface area contributed by atoms with Crippen LogP contribution < -0.4 is 5.32 Å². The molecule has 1 N–H and O–H groups in total. The van der Waals surface area contributed by atoms with E-state index >= 15 is 0 Å². The van der Waals surface area contributed by atoms with Gasteiger partial charge in [0.25, 0.3) is 0 Å². The Balaban J connectivity index is 1.92. The summed E-state index contributed by atoms with van der Waals surface area (Å²) >= 11 is 0. The minimum Gasteiger partial charge on any atom is -0.313 e. The zero-order valence-electron chi connectivity index (χ0n) is 12.1. The number of aromatic nitrogens is 2. The van der Waals surface area contributed by atoms with E-state index < -0.39 is 0 Å². The molecule has 19 heavy (non-hydrogen) atoms. The monoisotopic (exact) mass is 257 g/mol. The maximum absolute atomic E-state index is 4.49. The van der Waals surface area contributed by atoms with Crippen LogP contribution >= 0.6 is 0 Å². The molecular weight excluding hydrogens is 234 g/mol. The van der Waals surface area contributed by atoms with Crippen molar-refractivity contribution in [2.24, 2.45) is 0 Å². The zero-order valence-corrected chi connectivity index (χ0v) is 12.1. The number of benzene rings is 1. The van der Waals surface area contributed by atoms with Gasteiger partial charge in [0.1, 0.15) is 0 Å². The summed E-state index contributed by atoms with van der Waals surface area (Å²) in [5.41, 5.74) is 3.97. The van der Waals surface area contributed by atoms with Crippen molar-refractivity contribution in [3.8, 4) is 0 Å². The van der Waals surface area contributed by atoms with Crippen molar-refractivity contribution in [3.05, 3.63) is 53.3 Å². The van der Waals surface area contributed by atoms with Crippen LogP contribution in [-0.4, -0.2) is 16.8 Å². The average molecular weight is 257 g/mol. The van der Waals surface area contributed by atoms with E-state index in [4.69, 9.17) is 0 Å². The second-order valence-corrected chi connectivity index (χ2v) is 5.01. The molecule has 102 valence electrons. The van der Waals surface area contributed by atoms with Gasteiger partial charge in [-0.25, -0.2) is 0 Å². The number of rotatable bonds is 6. The van der Waals surface area contributed by atoms with Gasteiger partial charge in [0.05, 0.1) is 6.20 Å². The first-order chi connectivity index (χ1) is 9.22. The highest BCUT2D eigenvalue weighted by Gasteiger charge is 2.11. The van der Waals surface area contributed by atoms with Gasteiger partial charge in [0, 0.05) is 23.8 Å². The van der Waals surface area contributed by atoms with Crippen LogP contribution in [-0.2, 0) is 13.0 Å². The van der Waals surface area contributed by atoms with E-state index in [1.165, 1.54) is 16.8 Å². The summed E-state index contributed by atoms with van der Waals surface area (Å²) in [6.45, 7) is 5.30. The molecule has 0 aliphatic heterocycles. The molecule has 0 aliphatic carbocycles. The highest BCUT2D eigenvalue weighted by molar-refractivity contribution is 5.20. The van der Waals surface area contributed by atoms with Crippen molar-refractivity contribution in [2.45, 2.75) is 39.3 Å². The van der Waals surface area contributed by atoms with E-state index in [0.717, 1.165) is 19.4 Å². The van der Waals surface area contributed by atoms with Crippen molar-refractivity contribution in [1.29, 1.82) is 0 Å². The minimum atomic E-state index is 0.364. The second kappa shape index (κ2) is 6.53. The molecule has 0 saturated carbocycles. The first kappa shape index (κ1) is 13.8. The fraction of sp³-hybridized carbons (Fsp3) is 0.438. The molecule has 2 aromatic rings. The van der Waals surface area contributed by atoms with Gasteiger partial charge in [-0.1, -0.05) is 30.3 Å². The van der Waals surface area contributed by atoms with Crippen LogP contribution in [0.15, 0.2) is 36.5 Å². The van der Waals surface area contributed by atoms with Gasteiger partial charge in [-0.05, 0) is 39.3 Å². The van der Waals surface area contributed by atoms with E-state index in [0.29, 0.717) is 6.04 Å². The fourth-order valence-corrected chi connectivity index (χ4v) is 2.34. The number of nitrogens with zero attached hydrogens (tertiary/aromatic N) is 2. The van der Waals surface area contributed by atoms with Crippen molar-refractivity contribution in [3.63, 3.8) is 0 Å². The van der Waals surface area contributed by atoms with Crippen LogP contribution in [0.1, 0.15) is 36.2 Å². The highest BCUT2D eigenvalue weighted by Crippen LogP contribution is 2.16. The van der Waals surface area contributed by atoms with E-state index in [1.54, 1.807) is 0 Å². The van der Waals surface area contributed by atoms with Crippen LogP contribution in [0.3, 0.4) is 0 Å². The first-order valence-corrected chi connectivity index (χ1v) is 6.96. The lowest BCUT2D eigenvalue weighted by molar-refractivity contribution is 0.561. The Kier molecular flexibility index (Phi) is 4.74. The lowest BCUT2D eigenvalue weighted by Crippen LogP contribution is -2.13. The molecule has 0 saturated heterocycles. The van der Waals surface area contributed by atoms with Crippen LogP contribution in [0, 0.1) is 6.92 Å². The summed E-state index contributed by atoms with van der Waals surface area (Å²) in [6.07, 6.45) is 4.22. The van der Waals surface area contributed by atoms with Gasteiger partial charge >= 0.3 is 0 Å². The van der Waals surface area contributed by atoms with Crippen LogP contribution in [0.4, 0.5) is 0 Å². The van der Waals surface area contributed by atoms with Gasteiger partial charge in [-0.2, -0.15) is 5.10 Å². The Morgan fingerprint density at radius 1 is 1.26 bits per heavy atom. The Bertz CT molecular complexity index is 502. The van der Waals surface area contributed by atoms with Crippen LogP contribution in [0.5, 0.6) is 0 Å². The Labute approximate surface area is 115 Å². The third-order valence-electron chi connectivity index (χ3n) is 3.72. The Hall–Kier alpha value is -1.61. The lowest BCUT2D eigenvalue weighted by atomic mass is 10.1. The molecule has 3 heteroatoms. The molecule has 1 unspecified atom stereocenters. The molecule has 0 bridgehead atoms. The van der Waals surface area contributed by atoms with Gasteiger partial charge < -0.3 is 5.32 Å². The van der Waals surface area contributed by atoms with E-state index in [-0.39, 0.29) is 0 Å². The molecule has 0 aliphatic rings. The van der Waals surface area contributed by atoms with Crippen molar-refractivity contribution in [2.75, 3.05) is 7.05 Å². The summed E-state index contributed by atoms with van der Waals surface area (Å²) in [5, 5.41) is 7.76. The molecule has 1 aromatic heterocycles. The predicted molar refractivity (Wildman–Crippen MR) is 79.2 cm³/mol. The molecule has 0 amide bonds. The predicted octanol–water partition coefficient (Wildman–Crippen LogP) is 3.10. The van der Waals surface area contributed by atoms with Gasteiger partial charge in [0.2, 0.25) is 0 Å². The third-order valence-corrected chi connectivity index (χ3v) is 3.72.